The van der Waals surface area contributed by atoms with Gasteiger partial charge in [0, 0.05) is 36.3 Å². The van der Waals surface area contributed by atoms with Gasteiger partial charge in [-0.3, -0.25) is 19.2 Å². The van der Waals surface area contributed by atoms with E-state index < -0.39 is 11.8 Å². The molecule has 6 aromatic rings. The Morgan fingerprint density at radius 3 is 1.64 bits per heavy atom. The van der Waals surface area contributed by atoms with Gasteiger partial charge in [-0.25, -0.2) is 19.3 Å². The first-order chi connectivity index (χ1) is 25.4. The van der Waals surface area contributed by atoms with Gasteiger partial charge in [-0.15, -0.1) is 0 Å². The van der Waals surface area contributed by atoms with Crippen LogP contribution in [0.15, 0.2) is 119 Å². The average Bonchev–Trinajstić information content (AvgIpc) is 3.14. The minimum atomic E-state index is -0.638. The summed E-state index contributed by atoms with van der Waals surface area (Å²) in [5.41, 5.74) is 6.52. The number of nitrogens with two attached hydrogens (primary N) is 1. The molecule has 6 rings (SSSR count). The molecular formula is C36H31Cl3N8O6. The number of nitrogens with one attached hydrogen (secondary N) is 1. The van der Waals surface area contributed by atoms with Gasteiger partial charge >= 0.3 is 0 Å². The Morgan fingerprint density at radius 2 is 1.19 bits per heavy atom. The smallest absolute Gasteiger partial charge is 0.277 e. The Balaban J connectivity index is 0.000000197. The van der Waals surface area contributed by atoms with Crippen molar-refractivity contribution in [2.24, 2.45) is 19.8 Å². The molecule has 0 fully saturated rings. The highest BCUT2D eigenvalue weighted by molar-refractivity contribution is 6.31. The first kappa shape index (κ1) is 39.7. The summed E-state index contributed by atoms with van der Waals surface area (Å²) < 4.78 is 13.3. The second kappa shape index (κ2) is 19.5. The SMILES string of the molecule is Clc1cccc(COc2ccc(Cl)nc2)c1.Cn1nc(C(=O)Nc2ccc(OCc3cccc(Cl)c3)cn2)ccc1=O.Cn1nc(C(N)=O)ccc1=O. The van der Waals surface area contributed by atoms with Gasteiger partial charge in [-0.1, -0.05) is 59.1 Å². The summed E-state index contributed by atoms with van der Waals surface area (Å²) in [7, 11) is 2.93. The van der Waals surface area contributed by atoms with Gasteiger partial charge in [0.25, 0.3) is 22.9 Å². The molecule has 2 amide bonds. The van der Waals surface area contributed by atoms with Crippen molar-refractivity contribution in [2.45, 2.75) is 13.2 Å². The Bertz CT molecular complexity index is 2280. The quantitative estimate of drug-likeness (QED) is 0.178. The van der Waals surface area contributed by atoms with Crippen molar-refractivity contribution in [3.05, 3.63) is 168 Å². The number of pyridine rings is 2. The van der Waals surface area contributed by atoms with Crippen molar-refractivity contribution in [1.29, 1.82) is 0 Å². The van der Waals surface area contributed by atoms with Gasteiger partial charge in [0.2, 0.25) is 0 Å². The number of carbonyl (C=O) groups is 2. The number of primary amides is 1. The zero-order valence-electron chi connectivity index (χ0n) is 28.2. The minimum Gasteiger partial charge on any atom is -0.487 e. The molecule has 17 heteroatoms. The van der Waals surface area contributed by atoms with Crippen LogP contribution in [-0.2, 0) is 27.3 Å². The van der Waals surface area contributed by atoms with Gasteiger partial charge in [0.15, 0.2) is 0 Å². The van der Waals surface area contributed by atoms with Crippen molar-refractivity contribution in [3.8, 4) is 11.5 Å². The van der Waals surface area contributed by atoms with Gasteiger partial charge in [0.1, 0.15) is 47.1 Å². The fourth-order valence-electron chi connectivity index (χ4n) is 4.01. The molecule has 2 aromatic carbocycles. The lowest BCUT2D eigenvalue weighted by Gasteiger charge is -2.08. The zero-order valence-corrected chi connectivity index (χ0v) is 30.4. The van der Waals surface area contributed by atoms with Crippen LogP contribution in [-0.4, -0.2) is 41.3 Å². The number of nitrogens with zero attached hydrogens (tertiary/aromatic N) is 6. The fraction of sp³-hybridized carbons (Fsp3) is 0.111. The molecule has 0 unspecified atom stereocenters. The highest BCUT2D eigenvalue weighted by Crippen LogP contribution is 2.18. The maximum absolute atomic E-state index is 12.1. The average molecular weight is 778 g/mol. The summed E-state index contributed by atoms with van der Waals surface area (Å²) in [5, 5.41) is 11.9. The molecule has 14 nitrogen and oxygen atoms in total. The van der Waals surface area contributed by atoms with E-state index >= 15 is 0 Å². The number of aryl methyl sites for hydroxylation is 2. The van der Waals surface area contributed by atoms with E-state index in [0.717, 1.165) is 20.5 Å². The Labute approximate surface area is 317 Å². The monoisotopic (exact) mass is 776 g/mol. The number of benzene rings is 2. The summed E-state index contributed by atoms with van der Waals surface area (Å²) in [4.78, 5) is 52.7. The fourth-order valence-corrected chi connectivity index (χ4v) is 4.55. The van der Waals surface area contributed by atoms with Crippen molar-refractivity contribution in [2.75, 3.05) is 5.32 Å². The molecule has 0 bridgehead atoms. The Morgan fingerprint density at radius 1 is 0.679 bits per heavy atom. The first-order valence-corrected chi connectivity index (χ1v) is 16.5. The van der Waals surface area contributed by atoms with E-state index in [2.05, 4.69) is 25.5 Å². The van der Waals surface area contributed by atoms with Crippen LogP contribution in [0.4, 0.5) is 5.82 Å². The van der Waals surface area contributed by atoms with Crippen LogP contribution in [0.3, 0.4) is 0 Å². The first-order valence-electron chi connectivity index (χ1n) is 15.4. The number of aromatic nitrogens is 6. The van der Waals surface area contributed by atoms with Crippen molar-refractivity contribution >= 4 is 52.4 Å². The number of halogens is 3. The highest BCUT2D eigenvalue weighted by atomic mass is 35.5. The topological polar surface area (TPSA) is 186 Å². The predicted octanol–water partition coefficient (Wildman–Crippen LogP) is 5.51. The molecule has 0 aliphatic heterocycles. The van der Waals surface area contributed by atoms with Crippen LogP contribution >= 0.6 is 34.8 Å². The Kier molecular flexibility index (Phi) is 14.6. The number of amides is 2. The van der Waals surface area contributed by atoms with Crippen molar-refractivity contribution in [3.63, 3.8) is 0 Å². The van der Waals surface area contributed by atoms with E-state index in [1.54, 1.807) is 36.5 Å². The van der Waals surface area contributed by atoms with Gasteiger partial charge in [-0.2, -0.15) is 10.2 Å². The molecule has 0 saturated heterocycles. The van der Waals surface area contributed by atoms with E-state index in [4.69, 9.17) is 50.0 Å². The van der Waals surface area contributed by atoms with Crippen molar-refractivity contribution in [1.82, 2.24) is 29.5 Å². The van der Waals surface area contributed by atoms with E-state index in [1.807, 2.05) is 42.5 Å². The molecule has 0 aliphatic rings. The van der Waals surface area contributed by atoms with Crippen LogP contribution in [0.5, 0.6) is 11.5 Å². The second-order valence-electron chi connectivity index (χ2n) is 10.7. The Hall–Kier alpha value is -6.09. The normalized spacial score (nSPS) is 10.1. The molecule has 0 spiro atoms. The lowest BCUT2D eigenvalue weighted by atomic mass is 10.2. The van der Waals surface area contributed by atoms with E-state index in [1.165, 1.54) is 44.6 Å². The van der Waals surface area contributed by atoms with Crippen molar-refractivity contribution < 1.29 is 19.1 Å². The maximum atomic E-state index is 12.1. The molecule has 4 aromatic heterocycles. The van der Waals surface area contributed by atoms with E-state index in [-0.39, 0.29) is 22.5 Å². The molecule has 53 heavy (non-hydrogen) atoms. The number of hydrogen-bond acceptors (Lipinski definition) is 10. The molecule has 3 N–H and O–H groups in total. The lowest BCUT2D eigenvalue weighted by Crippen LogP contribution is -2.23. The number of anilines is 1. The molecule has 0 saturated carbocycles. The second-order valence-corrected chi connectivity index (χ2v) is 12.0. The number of hydrogen-bond donors (Lipinski definition) is 2. The largest absolute Gasteiger partial charge is 0.487 e. The predicted molar refractivity (Wildman–Crippen MR) is 200 cm³/mol. The standard InChI is InChI=1S/C18H15ClN4O3.C12H9Cl2NO.C6H7N3O2/c1-23-17(24)8-6-15(22-23)18(25)21-16-7-5-14(10-20-16)26-11-12-3-2-4-13(19)9-12;13-10-3-1-2-9(6-10)8-16-11-4-5-12(14)15-7-11;1-9-5(10)3-2-4(8-9)6(7)11/h2-10H,11H2,1H3,(H,20,21,25);1-7H,8H2;2-3H,1H3,(H2,7,11). The van der Waals surface area contributed by atoms with Crippen LogP contribution in [0.1, 0.15) is 32.1 Å². The summed E-state index contributed by atoms with van der Waals surface area (Å²) in [6, 6.07) is 26.9. The molecule has 0 aliphatic carbocycles. The zero-order chi connectivity index (χ0) is 38.3. The van der Waals surface area contributed by atoms with Gasteiger partial charge in [0.05, 0.1) is 12.4 Å². The molecule has 0 atom stereocenters. The summed E-state index contributed by atoms with van der Waals surface area (Å²) in [6.07, 6.45) is 3.10. The van der Waals surface area contributed by atoms with Crippen LogP contribution in [0.25, 0.3) is 0 Å². The summed E-state index contributed by atoms with van der Waals surface area (Å²) in [5.74, 6) is 0.495. The third kappa shape index (κ3) is 13.2. The molecular weight excluding hydrogens is 747 g/mol. The number of ether oxygens (including phenoxy) is 2. The third-order valence-corrected chi connectivity index (χ3v) is 7.37. The minimum absolute atomic E-state index is 0.0899. The summed E-state index contributed by atoms with van der Waals surface area (Å²) in [6.45, 7) is 0.819. The van der Waals surface area contributed by atoms with E-state index in [0.29, 0.717) is 45.7 Å². The van der Waals surface area contributed by atoms with Gasteiger partial charge in [-0.05, 0) is 71.8 Å². The van der Waals surface area contributed by atoms with E-state index in [9.17, 15) is 19.2 Å². The summed E-state index contributed by atoms with van der Waals surface area (Å²) >= 11 is 17.5. The van der Waals surface area contributed by atoms with Crippen LogP contribution < -0.4 is 31.6 Å². The maximum Gasteiger partial charge on any atom is 0.277 e. The molecule has 0 radical (unpaired) electrons. The molecule has 272 valence electrons. The highest BCUT2D eigenvalue weighted by Gasteiger charge is 2.10. The van der Waals surface area contributed by atoms with Crippen LogP contribution in [0.2, 0.25) is 15.2 Å². The lowest BCUT2D eigenvalue weighted by molar-refractivity contribution is 0.0990. The number of rotatable bonds is 9. The van der Waals surface area contributed by atoms with Gasteiger partial charge < -0.3 is 20.5 Å². The third-order valence-electron chi connectivity index (χ3n) is 6.67. The van der Waals surface area contributed by atoms with Crippen LogP contribution in [0, 0.1) is 0 Å². The molecule has 4 heterocycles. The number of carbonyl (C=O) groups excluding carboxylic acids is 2.